The fourth-order valence-corrected chi connectivity index (χ4v) is 4.01. The van der Waals surface area contributed by atoms with Gasteiger partial charge in [-0.15, -0.1) is 0 Å². The molecule has 3 aliphatic rings. The number of carbonyl (C=O) groups excluding carboxylic acids is 2. The third-order valence-corrected chi connectivity index (χ3v) is 5.14. The number of anilines is 1. The summed E-state index contributed by atoms with van der Waals surface area (Å²) in [6.45, 7) is 1.45. The van der Waals surface area contributed by atoms with Gasteiger partial charge < -0.3 is 9.84 Å². The number of fused-ring (bicyclic) bond motifs is 5. The number of rotatable bonds is 2. The largest absolute Gasteiger partial charge is 0.393 e. The highest BCUT2D eigenvalue weighted by Crippen LogP contribution is 2.57. The average Bonchev–Trinajstić information content (AvgIpc) is 3.07. The van der Waals surface area contributed by atoms with Gasteiger partial charge in [-0.2, -0.15) is 0 Å². The maximum absolute atomic E-state index is 12.8. The van der Waals surface area contributed by atoms with Gasteiger partial charge in [0, 0.05) is 5.02 Å². The third kappa shape index (κ3) is 1.51. The summed E-state index contributed by atoms with van der Waals surface area (Å²) in [5, 5.41) is 10.3. The van der Waals surface area contributed by atoms with Crippen LogP contribution >= 0.6 is 11.6 Å². The topological polar surface area (TPSA) is 66.8 Å². The molecule has 0 aliphatic carbocycles. The van der Waals surface area contributed by atoms with Crippen LogP contribution in [0.1, 0.15) is 6.92 Å². The Hall–Kier alpha value is -1.69. The molecule has 5 nitrogen and oxygen atoms in total. The van der Waals surface area contributed by atoms with Crippen molar-refractivity contribution < 1.29 is 19.4 Å². The van der Waals surface area contributed by atoms with Gasteiger partial charge in [0.05, 0.1) is 29.7 Å². The molecule has 2 fully saturated rings. The lowest BCUT2D eigenvalue weighted by molar-refractivity contribution is -0.131. The van der Waals surface area contributed by atoms with Crippen molar-refractivity contribution in [2.45, 2.75) is 18.1 Å². The molecule has 3 aliphatic heterocycles. The van der Waals surface area contributed by atoms with E-state index in [1.807, 2.05) is 0 Å². The van der Waals surface area contributed by atoms with E-state index in [9.17, 15) is 14.7 Å². The van der Waals surface area contributed by atoms with Gasteiger partial charge in [0.1, 0.15) is 5.60 Å². The fraction of sp³-hybridized carbons (Fsp3) is 0.375. The minimum atomic E-state index is -1.09. The Morgan fingerprint density at radius 3 is 2.45 bits per heavy atom. The lowest BCUT2D eigenvalue weighted by atomic mass is 9.73. The van der Waals surface area contributed by atoms with Crippen molar-refractivity contribution in [2.24, 2.45) is 11.8 Å². The molecule has 0 unspecified atom stereocenters. The summed E-state index contributed by atoms with van der Waals surface area (Å²) in [6.07, 6.45) is 3.49. The maximum atomic E-state index is 12.8. The Balaban J connectivity index is 1.80. The molecule has 114 valence electrons. The second-order valence-electron chi connectivity index (χ2n) is 6.18. The second kappa shape index (κ2) is 4.19. The summed E-state index contributed by atoms with van der Waals surface area (Å²) >= 11 is 5.86. The summed E-state index contributed by atoms with van der Waals surface area (Å²) in [5.74, 6) is -1.91. The number of aliphatic hydroxyl groups is 1. The number of hydrogen-bond acceptors (Lipinski definition) is 4. The van der Waals surface area contributed by atoms with E-state index in [-0.39, 0.29) is 18.4 Å². The fourth-order valence-electron chi connectivity index (χ4n) is 3.89. The second-order valence-corrected chi connectivity index (χ2v) is 6.61. The first-order chi connectivity index (χ1) is 10.4. The first kappa shape index (κ1) is 13.9. The summed E-state index contributed by atoms with van der Waals surface area (Å²) in [5.41, 5.74) is -1.45. The zero-order valence-electron chi connectivity index (χ0n) is 11.8. The van der Waals surface area contributed by atoms with Crippen LogP contribution in [0.15, 0.2) is 36.4 Å². The zero-order chi connectivity index (χ0) is 15.7. The van der Waals surface area contributed by atoms with Crippen LogP contribution in [0.3, 0.4) is 0 Å². The molecule has 2 bridgehead atoms. The number of benzene rings is 1. The molecule has 0 saturated carbocycles. The van der Waals surface area contributed by atoms with Gasteiger partial charge in [-0.3, -0.25) is 9.59 Å². The molecule has 4 rings (SSSR count). The molecule has 1 aromatic carbocycles. The molecule has 3 heterocycles. The van der Waals surface area contributed by atoms with Crippen molar-refractivity contribution in [1.29, 1.82) is 0 Å². The highest BCUT2D eigenvalue weighted by molar-refractivity contribution is 6.31. The molecule has 0 aromatic heterocycles. The zero-order valence-corrected chi connectivity index (χ0v) is 12.6. The lowest BCUT2D eigenvalue weighted by Crippen LogP contribution is -2.43. The average molecular weight is 320 g/mol. The number of halogens is 1. The van der Waals surface area contributed by atoms with Gasteiger partial charge >= 0.3 is 0 Å². The van der Waals surface area contributed by atoms with E-state index in [1.54, 1.807) is 43.3 Å². The third-order valence-electron chi connectivity index (χ3n) is 4.89. The minimum Gasteiger partial charge on any atom is -0.393 e. The minimum absolute atomic E-state index is 0.292. The number of ether oxygens (including phenoxy) is 1. The molecular weight excluding hydrogens is 306 g/mol. The first-order valence-corrected chi connectivity index (χ1v) is 7.44. The number of aliphatic hydroxyl groups excluding tert-OH is 1. The van der Waals surface area contributed by atoms with E-state index in [4.69, 9.17) is 16.3 Å². The van der Waals surface area contributed by atoms with Crippen molar-refractivity contribution in [3.63, 3.8) is 0 Å². The van der Waals surface area contributed by atoms with Crippen LogP contribution in [-0.2, 0) is 14.3 Å². The van der Waals surface area contributed by atoms with Gasteiger partial charge in [-0.25, -0.2) is 4.90 Å². The molecular formula is C16H14ClNO4. The summed E-state index contributed by atoms with van der Waals surface area (Å²) in [6, 6.07) is 6.56. The highest BCUT2D eigenvalue weighted by atomic mass is 35.5. The Labute approximate surface area is 132 Å². The van der Waals surface area contributed by atoms with Crippen LogP contribution < -0.4 is 4.90 Å². The highest BCUT2D eigenvalue weighted by Gasteiger charge is 2.72. The van der Waals surface area contributed by atoms with Crippen molar-refractivity contribution in [1.82, 2.24) is 0 Å². The van der Waals surface area contributed by atoms with Crippen LogP contribution in [-0.4, -0.2) is 34.7 Å². The van der Waals surface area contributed by atoms with Gasteiger partial charge in [0.15, 0.2) is 0 Å². The summed E-state index contributed by atoms with van der Waals surface area (Å²) in [4.78, 5) is 26.8. The monoisotopic (exact) mass is 319 g/mol. The van der Waals surface area contributed by atoms with Crippen molar-refractivity contribution in [3.05, 3.63) is 41.4 Å². The van der Waals surface area contributed by atoms with E-state index in [2.05, 4.69) is 0 Å². The van der Waals surface area contributed by atoms with Crippen molar-refractivity contribution in [3.8, 4) is 0 Å². The van der Waals surface area contributed by atoms with Crippen LogP contribution in [0, 0.1) is 11.8 Å². The molecule has 2 saturated heterocycles. The van der Waals surface area contributed by atoms with Crippen molar-refractivity contribution in [2.75, 3.05) is 11.5 Å². The molecule has 6 heteroatoms. The molecule has 2 amide bonds. The Morgan fingerprint density at radius 1 is 1.18 bits per heavy atom. The van der Waals surface area contributed by atoms with E-state index in [0.717, 1.165) is 0 Å². The standard InChI is InChI=1S/C16H14ClNO4/c1-15-6-7-16(8-19,22-15)12-11(15)13(20)18(14(12)21)10-4-2-9(17)3-5-10/h2-7,11-12,19H,8H2,1H3/t11-,12-,15+,16+/m1/s1. The molecule has 0 spiro atoms. The van der Waals surface area contributed by atoms with Crippen LogP contribution in [0.2, 0.25) is 5.02 Å². The predicted octanol–water partition coefficient (Wildman–Crippen LogP) is 1.54. The summed E-state index contributed by atoms with van der Waals surface area (Å²) < 4.78 is 5.86. The van der Waals surface area contributed by atoms with Gasteiger partial charge in [0.2, 0.25) is 11.8 Å². The van der Waals surface area contributed by atoms with Gasteiger partial charge in [0.25, 0.3) is 0 Å². The first-order valence-electron chi connectivity index (χ1n) is 7.07. The molecule has 1 N–H and O–H groups in total. The number of carbonyl (C=O) groups is 2. The predicted molar refractivity (Wildman–Crippen MR) is 79.4 cm³/mol. The van der Waals surface area contributed by atoms with Gasteiger partial charge in [-0.05, 0) is 31.2 Å². The Kier molecular flexibility index (Phi) is 2.65. The number of imide groups is 1. The SMILES string of the molecule is C[C@@]12C=C[C@@](CO)(O1)[C@H]1C(=O)N(c3ccc(Cl)cc3)C(=O)[C@@H]12. The number of hydrogen-bond donors (Lipinski definition) is 1. The number of nitrogens with zero attached hydrogens (tertiary/aromatic N) is 1. The van der Waals surface area contributed by atoms with E-state index >= 15 is 0 Å². The van der Waals surface area contributed by atoms with E-state index in [0.29, 0.717) is 10.7 Å². The quantitative estimate of drug-likeness (QED) is 0.663. The van der Waals surface area contributed by atoms with Crippen LogP contribution in [0.4, 0.5) is 5.69 Å². The van der Waals surface area contributed by atoms with Gasteiger partial charge in [-0.1, -0.05) is 23.8 Å². The molecule has 22 heavy (non-hydrogen) atoms. The molecule has 1 aromatic rings. The Bertz CT molecular complexity index is 715. The smallest absolute Gasteiger partial charge is 0.241 e. The Morgan fingerprint density at radius 2 is 1.82 bits per heavy atom. The summed E-state index contributed by atoms with van der Waals surface area (Å²) in [7, 11) is 0. The van der Waals surface area contributed by atoms with Crippen LogP contribution in [0.5, 0.6) is 0 Å². The number of amides is 2. The molecule has 0 radical (unpaired) electrons. The normalized spacial score (nSPS) is 39.0. The van der Waals surface area contributed by atoms with Crippen LogP contribution in [0.25, 0.3) is 0 Å². The van der Waals surface area contributed by atoms with E-state index in [1.165, 1.54) is 4.90 Å². The lowest BCUT2D eigenvalue weighted by Gasteiger charge is -2.26. The van der Waals surface area contributed by atoms with Crippen molar-refractivity contribution >= 4 is 29.1 Å². The molecule has 4 atom stereocenters. The van der Waals surface area contributed by atoms with E-state index < -0.39 is 23.0 Å². The maximum Gasteiger partial charge on any atom is 0.241 e.